The number of halogens is 2. The van der Waals surface area contributed by atoms with Gasteiger partial charge in [-0.3, -0.25) is 9.29 Å². The number of likely N-dealkylation sites (tertiary alicyclic amines) is 1. The molecule has 1 saturated heterocycles. The van der Waals surface area contributed by atoms with E-state index in [-0.39, 0.29) is 12.8 Å². The SMILES string of the molecule is Cc1ccc(C2=C(c3ccc(OC4CCN(CCCF)C4)cc3)c3ccc(-c4nn[nH]n4)cc3CCC2)c(Cl)c1. The van der Waals surface area contributed by atoms with Crippen molar-refractivity contribution in [3.05, 3.63) is 93.5 Å². The van der Waals surface area contributed by atoms with Crippen LogP contribution in [0, 0.1) is 6.92 Å². The summed E-state index contributed by atoms with van der Waals surface area (Å²) in [6.07, 6.45) is 4.55. The van der Waals surface area contributed by atoms with E-state index >= 15 is 0 Å². The van der Waals surface area contributed by atoms with Gasteiger partial charge in [0, 0.05) is 30.2 Å². The predicted molar refractivity (Wildman–Crippen MR) is 157 cm³/mol. The van der Waals surface area contributed by atoms with Crippen molar-refractivity contribution in [2.24, 2.45) is 0 Å². The third-order valence-corrected chi connectivity index (χ3v) is 8.20. The molecule has 0 radical (unpaired) electrons. The van der Waals surface area contributed by atoms with Gasteiger partial charge in [-0.1, -0.05) is 48.0 Å². The van der Waals surface area contributed by atoms with Gasteiger partial charge in [0.25, 0.3) is 0 Å². The average Bonchev–Trinajstić information content (AvgIpc) is 3.62. The van der Waals surface area contributed by atoms with Crippen LogP contribution in [0.5, 0.6) is 5.75 Å². The van der Waals surface area contributed by atoms with Crippen molar-refractivity contribution in [3.8, 4) is 17.1 Å². The summed E-state index contributed by atoms with van der Waals surface area (Å²) in [5, 5.41) is 15.4. The molecule has 0 bridgehead atoms. The average molecular weight is 558 g/mol. The molecule has 1 aliphatic heterocycles. The topological polar surface area (TPSA) is 66.9 Å². The van der Waals surface area contributed by atoms with E-state index < -0.39 is 0 Å². The number of hydrogen-bond acceptors (Lipinski definition) is 5. The number of aromatic amines is 1. The third-order valence-electron chi connectivity index (χ3n) is 7.89. The molecule has 3 aromatic carbocycles. The van der Waals surface area contributed by atoms with Gasteiger partial charge in [0.15, 0.2) is 0 Å². The number of alkyl halides is 1. The Hall–Kier alpha value is -3.55. The first-order chi connectivity index (χ1) is 19.6. The Morgan fingerprint density at radius 3 is 2.62 bits per heavy atom. The first kappa shape index (κ1) is 26.7. The molecular formula is C32H33ClFN5O. The zero-order valence-electron chi connectivity index (χ0n) is 22.7. The Kier molecular flexibility index (Phi) is 7.93. The molecule has 2 heterocycles. The predicted octanol–water partition coefficient (Wildman–Crippen LogP) is 6.94. The molecule has 0 amide bonds. The van der Waals surface area contributed by atoms with Crippen molar-refractivity contribution in [1.82, 2.24) is 25.5 Å². The van der Waals surface area contributed by atoms with E-state index in [1.807, 2.05) is 6.07 Å². The molecular weight excluding hydrogens is 525 g/mol. The summed E-state index contributed by atoms with van der Waals surface area (Å²) in [7, 11) is 0. The molecule has 0 saturated carbocycles. The Morgan fingerprint density at radius 2 is 1.85 bits per heavy atom. The highest BCUT2D eigenvalue weighted by Crippen LogP contribution is 2.43. The fourth-order valence-corrected chi connectivity index (χ4v) is 6.30. The van der Waals surface area contributed by atoms with Gasteiger partial charge in [-0.25, -0.2) is 0 Å². The second kappa shape index (κ2) is 11.9. The lowest BCUT2D eigenvalue weighted by atomic mass is 9.87. The molecule has 40 heavy (non-hydrogen) atoms. The van der Waals surface area contributed by atoms with Gasteiger partial charge in [-0.05, 0) is 107 Å². The van der Waals surface area contributed by atoms with E-state index in [2.05, 4.69) is 87.0 Å². The van der Waals surface area contributed by atoms with Crippen LogP contribution in [-0.4, -0.2) is 57.9 Å². The molecule has 206 valence electrons. The molecule has 2 aliphatic rings. The maximum Gasteiger partial charge on any atom is 0.204 e. The first-order valence-corrected chi connectivity index (χ1v) is 14.4. The van der Waals surface area contributed by atoms with Gasteiger partial charge in [-0.15, -0.1) is 10.2 Å². The fraction of sp³-hybridized carbons (Fsp3) is 0.344. The first-order valence-electron chi connectivity index (χ1n) is 14.0. The Labute approximate surface area is 239 Å². The van der Waals surface area contributed by atoms with Crippen LogP contribution in [0.25, 0.3) is 22.5 Å². The highest BCUT2D eigenvalue weighted by molar-refractivity contribution is 6.32. The Balaban J connectivity index is 1.36. The van der Waals surface area contributed by atoms with Crippen molar-refractivity contribution in [2.45, 2.75) is 45.1 Å². The highest BCUT2D eigenvalue weighted by Gasteiger charge is 2.25. The summed E-state index contributed by atoms with van der Waals surface area (Å²) < 4.78 is 18.9. The van der Waals surface area contributed by atoms with Gasteiger partial charge < -0.3 is 4.74 Å². The summed E-state index contributed by atoms with van der Waals surface area (Å²) in [4.78, 5) is 2.28. The van der Waals surface area contributed by atoms with Crippen LogP contribution in [0.3, 0.4) is 0 Å². The molecule has 4 aromatic rings. The zero-order valence-corrected chi connectivity index (χ0v) is 23.4. The number of ether oxygens (including phenoxy) is 1. The van der Waals surface area contributed by atoms with Crippen molar-refractivity contribution >= 4 is 22.7 Å². The van der Waals surface area contributed by atoms with E-state index in [1.165, 1.54) is 22.3 Å². The van der Waals surface area contributed by atoms with Crippen LogP contribution >= 0.6 is 11.6 Å². The molecule has 1 N–H and O–H groups in total. The van der Waals surface area contributed by atoms with E-state index in [4.69, 9.17) is 16.3 Å². The van der Waals surface area contributed by atoms with Crippen molar-refractivity contribution in [1.29, 1.82) is 0 Å². The summed E-state index contributed by atoms with van der Waals surface area (Å²) >= 11 is 6.85. The van der Waals surface area contributed by atoms with Crippen molar-refractivity contribution in [2.75, 3.05) is 26.3 Å². The van der Waals surface area contributed by atoms with Crippen LogP contribution < -0.4 is 4.74 Å². The summed E-state index contributed by atoms with van der Waals surface area (Å²) in [6.45, 7) is 4.40. The normalized spacial score (nSPS) is 17.6. The van der Waals surface area contributed by atoms with Crippen molar-refractivity contribution < 1.29 is 9.13 Å². The molecule has 1 unspecified atom stereocenters. The van der Waals surface area contributed by atoms with Crippen LogP contribution in [0.2, 0.25) is 5.02 Å². The van der Waals surface area contributed by atoms with Crippen LogP contribution in [-0.2, 0) is 6.42 Å². The van der Waals surface area contributed by atoms with Crippen LogP contribution in [0.1, 0.15) is 53.5 Å². The van der Waals surface area contributed by atoms with E-state index in [9.17, 15) is 4.39 Å². The van der Waals surface area contributed by atoms with E-state index in [1.54, 1.807) is 0 Å². The van der Waals surface area contributed by atoms with Gasteiger partial charge in [0.2, 0.25) is 5.82 Å². The summed E-state index contributed by atoms with van der Waals surface area (Å²) in [6, 6.07) is 21.2. The van der Waals surface area contributed by atoms with Crippen LogP contribution in [0.4, 0.5) is 4.39 Å². The number of tetrazole rings is 1. The number of fused-ring (bicyclic) bond motifs is 1. The number of aryl methyl sites for hydroxylation is 2. The maximum absolute atomic E-state index is 12.6. The lowest BCUT2D eigenvalue weighted by molar-refractivity contribution is 0.198. The maximum atomic E-state index is 12.6. The smallest absolute Gasteiger partial charge is 0.204 e. The van der Waals surface area contributed by atoms with Gasteiger partial charge >= 0.3 is 0 Å². The number of aromatic nitrogens is 4. The zero-order chi connectivity index (χ0) is 27.5. The molecule has 0 spiro atoms. The van der Waals surface area contributed by atoms with Crippen LogP contribution in [0.15, 0.2) is 60.7 Å². The highest BCUT2D eigenvalue weighted by atomic mass is 35.5. The molecule has 6 nitrogen and oxygen atoms in total. The minimum atomic E-state index is -0.267. The minimum absolute atomic E-state index is 0.133. The molecule has 1 aliphatic carbocycles. The quantitative estimate of drug-likeness (QED) is 0.254. The van der Waals surface area contributed by atoms with Gasteiger partial charge in [-0.2, -0.15) is 5.21 Å². The molecule has 8 heteroatoms. The third kappa shape index (κ3) is 5.67. The van der Waals surface area contributed by atoms with E-state index in [0.29, 0.717) is 12.2 Å². The lowest BCUT2D eigenvalue weighted by Gasteiger charge is -2.19. The number of benzene rings is 3. The number of rotatable bonds is 8. The Morgan fingerprint density at radius 1 is 1.02 bits per heavy atom. The number of nitrogens with zero attached hydrogens (tertiary/aromatic N) is 4. The van der Waals surface area contributed by atoms with Gasteiger partial charge in [0.05, 0.1) is 6.67 Å². The van der Waals surface area contributed by atoms with Crippen molar-refractivity contribution in [3.63, 3.8) is 0 Å². The lowest BCUT2D eigenvalue weighted by Crippen LogP contribution is -2.26. The largest absolute Gasteiger partial charge is 0.489 e. The second-order valence-electron chi connectivity index (χ2n) is 10.7. The standard InChI is InChI=1S/C32H33ClFN5O/c1-21-6-12-28(30(33)18-21)29-5-2-4-23-19-24(32-35-37-38-36-32)9-13-27(23)31(29)22-7-10-25(11-8-22)40-26-14-17-39(20-26)16-3-15-34/h6-13,18-19,26H,2-5,14-17,20H2,1H3,(H,35,36,37,38). The molecule has 6 rings (SSSR count). The summed E-state index contributed by atoms with van der Waals surface area (Å²) in [5.41, 5.74) is 9.21. The second-order valence-corrected chi connectivity index (χ2v) is 11.1. The molecule has 1 atom stereocenters. The number of allylic oxidation sites excluding steroid dienone is 1. The number of nitrogens with one attached hydrogen (secondary N) is 1. The van der Waals surface area contributed by atoms with Gasteiger partial charge in [0.1, 0.15) is 11.9 Å². The number of H-pyrrole nitrogens is 1. The fourth-order valence-electron chi connectivity index (χ4n) is 5.95. The monoisotopic (exact) mass is 557 g/mol. The number of hydrogen-bond donors (Lipinski definition) is 1. The Bertz CT molecular complexity index is 1500. The minimum Gasteiger partial charge on any atom is -0.489 e. The molecule has 1 fully saturated rings. The molecule has 1 aromatic heterocycles. The summed E-state index contributed by atoms with van der Waals surface area (Å²) in [5.74, 6) is 1.45. The van der Waals surface area contributed by atoms with E-state index in [0.717, 1.165) is 78.3 Å².